The van der Waals surface area contributed by atoms with Crippen LogP contribution < -0.4 is 5.32 Å². The van der Waals surface area contributed by atoms with Crippen molar-refractivity contribution in [2.24, 2.45) is 0 Å². The standard InChI is InChI=1S/C22H29Cl2N3O3/c23-19-4-2-17(16-20(19)24)3-5-21(28)27-11-6-22(29)26(12-13-27)10-1-9-25-18-7-14-30-15-8-18/h2-5,16,18,25H,1,6-15H2/b5-3+. The van der Waals surface area contributed by atoms with Crippen LogP contribution in [0.4, 0.5) is 0 Å². The highest BCUT2D eigenvalue weighted by atomic mass is 35.5. The summed E-state index contributed by atoms with van der Waals surface area (Å²) in [7, 11) is 0. The Labute approximate surface area is 188 Å². The molecule has 2 heterocycles. The summed E-state index contributed by atoms with van der Waals surface area (Å²) < 4.78 is 5.37. The van der Waals surface area contributed by atoms with Gasteiger partial charge in [-0.15, -0.1) is 0 Å². The minimum Gasteiger partial charge on any atom is -0.381 e. The molecule has 8 heteroatoms. The van der Waals surface area contributed by atoms with Gasteiger partial charge in [0.15, 0.2) is 0 Å². The maximum atomic E-state index is 12.6. The number of hydrogen-bond donors (Lipinski definition) is 1. The van der Waals surface area contributed by atoms with Crippen LogP contribution >= 0.6 is 23.2 Å². The minimum absolute atomic E-state index is 0.100. The maximum absolute atomic E-state index is 12.6. The average Bonchev–Trinajstić information content (AvgIpc) is 2.94. The number of ether oxygens (including phenoxy) is 1. The quantitative estimate of drug-likeness (QED) is 0.508. The first-order valence-electron chi connectivity index (χ1n) is 10.5. The first kappa shape index (κ1) is 23.1. The van der Waals surface area contributed by atoms with Gasteiger partial charge >= 0.3 is 0 Å². The van der Waals surface area contributed by atoms with Gasteiger partial charge in [0, 0.05) is 57.9 Å². The summed E-state index contributed by atoms with van der Waals surface area (Å²) in [6.07, 6.45) is 6.62. The monoisotopic (exact) mass is 453 g/mol. The van der Waals surface area contributed by atoms with E-state index in [2.05, 4.69) is 5.32 Å². The third kappa shape index (κ3) is 6.98. The summed E-state index contributed by atoms with van der Waals surface area (Å²) in [5, 5.41) is 4.48. The zero-order valence-electron chi connectivity index (χ0n) is 17.1. The molecule has 2 fully saturated rings. The molecule has 2 aliphatic heterocycles. The van der Waals surface area contributed by atoms with Gasteiger partial charge in [0.05, 0.1) is 10.0 Å². The normalized spacial score (nSPS) is 18.8. The van der Waals surface area contributed by atoms with Gasteiger partial charge < -0.3 is 19.9 Å². The summed E-state index contributed by atoms with van der Waals surface area (Å²) >= 11 is 11.9. The van der Waals surface area contributed by atoms with E-state index < -0.39 is 0 Å². The largest absolute Gasteiger partial charge is 0.381 e. The van der Waals surface area contributed by atoms with Crippen molar-refractivity contribution < 1.29 is 14.3 Å². The first-order valence-corrected chi connectivity index (χ1v) is 11.3. The molecule has 1 aromatic carbocycles. The maximum Gasteiger partial charge on any atom is 0.246 e. The highest BCUT2D eigenvalue weighted by Crippen LogP contribution is 2.23. The molecule has 0 bridgehead atoms. The van der Waals surface area contributed by atoms with E-state index in [0.29, 0.717) is 42.1 Å². The molecule has 2 aliphatic rings. The molecular weight excluding hydrogens is 425 g/mol. The highest BCUT2D eigenvalue weighted by Gasteiger charge is 2.22. The molecule has 1 N–H and O–H groups in total. The molecule has 0 spiro atoms. The van der Waals surface area contributed by atoms with Crippen molar-refractivity contribution in [2.75, 3.05) is 45.9 Å². The molecule has 1 aromatic rings. The van der Waals surface area contributed by atoms with Gasteiger partial charge in [-0.05, 0) is 49.6 Å². The molecule has 164 valence electrons. The fourth-order valence-corrected chi connectivity index (χ4v) is 4.00. The van der Waals surface area contributed by atoms with Crippen LogP contribution in [0.1, 0.15) is 31.2 Å². The van der Waals surface area contributed by atoms with E-state index in [9.17, 15) is 9.59 Å². The molecular formula is C22H29Cl2N3O3. The second-order valence-corrected chi connectivity index (χ2v) is 8.47. The van der Waals surface area contributed by atoms with Crippen molar-refractivity contribution in [3.63, 3.8) is 0 Å². The predicted octanol–water partition coefficient (Wildman–Crippen LogP) is 3.23. The number of amides is 2. The van der Waals surface area contributed by atoms with Crippen molar-refractivity contribution in [3.8, 4) is 0 Å². The van der Waals surface area contributed by atoms with Crippen LogP contribution in [0.25, 0.3) is 6.08 Å². The average molecular weight is 454 g/mol. The Morgan fingerprint density at radius 3 is 2.73 bits per heavy atom. The fraction of sp³-hybridized carbons (Fsp3) is 0.545. The summed E-state index contributed by atoms with van der Waals surface area (Å²) in [5.74, 6) is 0.0155. The predicted molar refractivity (Wildman–Crippen MR) is 120 cm³/mol. The first-order chi connectivity index (χ1) is 14.5. The smallest absolute Gasteiger partial charge is 0.246 e. The third-order valence-electron chi connectivity index (χ3n) is 5.52. The minimum atomic E-state index is -0.100. The molecule has 0 radical (unpaired) electrons. The Morgan fingerprint density at radius 2 is 1.97 bits per heavy atom. The highest BCUT2D eigenvalue weighted by molar-refractivity contribution is 6.42. The van der Waals surface area contributed by atoms with E-state index in [1.165, 1.54) is 6.08 Å². The van der Waals surface area contributed by atoms with Gasteiger partial charge in [0.1, 0.15) is 0 Å². The molecule has 0 aliphatic carbocycles. The number of benzene rings is 1. The van der Waals surface area contributed by atoms with Crippen molar-refractivity contribution >= 4 is 41.1 Å². The number of nitrogens with zero attached hydrogens (tertiary/aromatic N) is 2. The van der Waals surface area contributed by atoms with Crippen LogP contribution in [-0.2, 0) is 14.3 Å². The van der Waals surface area contributed by atoms with Crippen molar-refractivity contribution in [3.05, 3.63) is 39.9 Å². The van der Waals surface area contributed by atoms with Crippen LogP contribution in [0.15, 0.2) is 24.3 Å². The molecule has 2 amide bonds. The number of hydrogen-bond acceptors (Lipinski definition) is 4. The molecule has 2 saturated heterocycles. The summed E-state index contributed by atoms with van der Waals surface area (Å²) in [5.41, 5.74) is 0.808. The summed E-state index contributed by atoms with van der Waals surface area (Å²) in [4.78, 5) is 28.6. The van der Waals surface area contributed by atoms with Crippen molar-refractivity contribution in [1.82, 2.24) is 15.1 Å². The molecule has 0 atom stereocenters. The van der Waals surface area contributed by atoms with E-state index >= 15 is 0 Å². The van der Waals surface area contributed by atoms with E-state index in [4.69, 9.17) is 27.9 Å². The summed E-state index contributed by atoms with van der Waals surface area (Å²) in [6.45, 7) is 4.82. The van der Waals surface area contributed by atoms with Gasteiger partial charge in [0.25, 0.3) is 0 Å². The number of carbonyl (C=O) groups is 2. The van der Waals surface area contributed by atoms with Crippen LogP contribution in [0, 0.1) is 0 Å². The zero-order valence-corrected chi connectivity index (χ0v) is 18.6. The Balaban J connectivity index is 1.43. The topological polar surface area (TPSA) is 61.9 Å². The second-order valence-electron chi connectivity index (χ2n) is 7.66. The lowest BCUT2D eigenvalue weighted by Gasteiger charge is -2.25. The molecule has 0 saturated carbocycles. The SMILES string of the molecule is O=C(/C=C/c1ccc(Cl)c(Cl)c1)N1CCC(=O)N(CCCNC2CCOCC2)CC1. The lowest BCUT2D eigenvalue weighted by Crippen LogP contribution is -2.38. The third-order valence-corrected chi connectivity index (χ3v) is 6.26. The van der Waals surface area contributed by atoms with Gasteiger partial charge in [0.2, 0.25) is 11.8 Å². The van der Waals surface area contributed by atoms with E-state index in [1.54, 1.807) is 29.2 Å². The van der Waals surface area contributed by atoms with E-state index in [-0.39, 0.29) is 11.8 Å². The van der Waals surface area contributed by atoms with Crippen molar-refractivity contribution in [2.45, 2.75) is 31.7 Å². The zero-order chi connectivity index (χ0) is 21.3. The number of rotatable bonds is 7. The number of nitrogens with one attached hydrogen (secondary N) is 1. The Kier molecular flexibility index (Phi) is 9.00. The Bertz CT molecular complexity index is 766. The number of carbonyl (C=O) groups excluding carboxylic acids is 2. The molecule has 30 heavy (non-hydrogen) atoms. The number of halogens is 2. The van der Waals surface area contributed by atoms with Crippen LogP contribution in [-0.4, -0.2) is 73.6 Å². The van der Waals surface area contributed by atoms with E-state index in [1.807, 2.05) is 4.90 Å². The van der Waals surface area contributed by atoms with Crippen LogP contribution in [0.3, 0.4) is 0 Å². The molecule has 6 nitrogen and oxygen atoms in total. The Hall–Kier alpha value is -1.60. The molecule has 0 unspecified atom stereocenters. The Morgan fingerprint density at radius 1 is 1.17 bits per heavy atom. The van der Waals surface area contributed by atoms with Gasteiger partial charge in [-0.2, -0.15) is 0 Å². The van der Waals surface area contributed by atoms with Gasteiger partial charge in [-0.1, -0.05) is 29.3 Å². The molecule has 0 aromatic heterocycles. The van der Waals surface area contributed by atoms with E-state index in [0.717, 1.165) is 51.1 Å². The fourth-order valence-electron chi connectivity index (χ4n) is 3.69. The van der Waals surface area contributed by atoms with Crippen molar-refractivity contribution in [1.29, 1.82) is 0 Å². The molecule has 3 rings (SSSR count). The summed E-state index contributed by atoms with van der Waals surface area (Å²) in [6, 6.07) is 5.75. The second kappa shape index (κ2) is 11.7. The van der Waals surface area contributed by atoms with Gasteiger partial charge in [-0.25, -0.2) is 0 Å². The lowest BCUT2D eigenvalue weighted by atomic mass is 10.1. The van der Waals surface area contributed by atoms with Crippen LogP contribution in [0.5, 0.6) is 0 Å². The van der Waals surface area contributed by atoms with Gasteiger partial charge in [-0.3, -0.25) is 9.59 Å². The van der Waals surface area contributed by atoms with Crippen LogP contribution in [0.2, 0.25) is 10.0 Å². The lowest BCUT2D eigenvalue weighted by molar-refractivity contribution is -0.130.